The average Bonchev–Trinajstić information content (AvgIpc) is 2.36. The Balaban J connectivity index is 3.41. The molecule has 2 N–H and O–H groups in total. The van der Waals surface area contributed by atoms with Crippen LogP contribution in [0, 0.1) is 11.3 Å². The van der Waals surface area contributed by atoms with E-state index in [-0.39, 0.29) is 23.2 Å². The Kier molecular flexibility index (Phi) is 4.51. The molecule has 0 aliphatic carbocycles. The molecule has 0 radical (unpaired) electrons. The van der Waals surface area contributed by atoms with Crippen molar-refractivity contribution in [3.8, 4) is 6.07 Å². The second-order valence-corrected chi connectivity index (χ2v) is 3.74. The van der Waals surface area contributed by atoms with Crippen LogP contribution in [0.4, 0.5) is 13.2 Å². The summed E-state index contributed by atoms with van der Waals surface area (Å²) in [5.74, 6) is -0.723. The summed E-state index contributed by atoms with van der Waals surface area (Å²) in [4.78, 5) is 11.2. The number of nitrogens with two attached hydrogens (primary N) is 1. The lowest BCUT2D eigenvalue weighted by atomic mass is 9.96. The standard InChI is InChI=1S/C12H11F3N2O2/c1-19-11(18)4-7-2-9(12(13,14)15)3-8(5-16)10(7)6-17/h2-3H,4-5,16H2,1H3. The SMILES string of the molecule is COC(=O)Cc1cc(C(F)(F)F)cc(CN)c1C#N. The van der Waals surface area contributed by atoms with E-state index < -0.39 is 24.1 Å². The lowest BCUT2D eigenvalue weighted by molar-refractivity contribution is -0.140. The molecule has 0 aliphatic heterocycles. The molecule has 7 heteroatoms. The van der Waals surface area contributed by atoms with E-state index in [1.165, 1.54) is 0 Å². The molecule has 19 heavy (non-hydrogen) atoms. The van der Waals surface area contributed by atoms with Crippen LogP contribution in [0.25, 0.3) is 0 Å². The van der Waals surface area contributed by atoms with Crippen molar-refractivity contribution < 1.29 is 22.7 Å². The molecule has 0 unspecified atom stereocenters. The van der Waals surface area contributed by atoms with E-state index in [2.05, 4.69) is 4.74 Å². The normalized spacial score (nSPS) is 10.9. The van der Waals surface area contributed by atoms with Crippen LogP contribution in [0.2, 0.25) is 0 Å². The summed E-state index contributed by atoms with van der Waals surface area (Å²) in [7, 11) is 1.12. The average molecular weight is 272 g/mol. The number of ether oxygens (including phenoxy) is 1. The highest BCUT2D eigenvalue weighted by atomic mass is 19.4. The molecular formula is C12H11F3N2O2. The Bertz CT molecular complexity index is 533. The number of carbonyl (C=O) groups excluding carboxylic acids is 1. The number of alkyl halides is 3. The van der Waals surface area contributed by atoms with Crippen molar-refractivity contribution in [2.24, 2.45) is 5.73 Å². The van der Waals surface area contributed by atoms with Gasteiger partial charge in [0, 0.05) is 6.54 Å². The molecule has 0 spiro atoms. The van der Waals surface area contributed by atoms with Crippen molar-refractivity contribution >= 4 is 5.97 Å². The van der Waals surface area contributed by atoms with Gasteiger partial charge in [-0.1, -0.05) is 0 Å². The number of rotatable bonds is 3. The third kappa shape index (κ3) is 3.45. The largest absolute Gasteiger partial charge is 0.469 e. The summed E-state index contributed by atoms with van der Waals surface area (Å²) in [5.41, 5.74) is 4.40. The predicted octanol–water partition coefficient (Wildman–Crippen LogP) is 1.75. The third-order valence-corrected chi connectivity index (χ3v) is 2.52. The molecule has 0 fully saturated rings. The topological polar surface area (TPSA) is 76.1 Å². The number of hydrogen-bond donors (Lipinski definition) is 1. The van der Waals surface area contributed by atoms with Gasteiger partial charge >= 0.3 is 12.1 Å². The molecule has 0 amide bonds. The van der Waals surface area contributed by atoms with Gasteiger partial charge in [-0.3, -0.25) is 4.79 Å². The Morgan fingerprint density at radius 1 is 1.42 bits per heavy atom. The van der Waals surface area contributed by atoms with Gasteiger partial charge in [-0.2, -0.15) is 18.4 Å². The number of nitriles is 1. The first-order valence-electron chi connectivity index (χ1n) is 5.23. The van der Waals surface area contributed by atoms with Crippen LogP contribution in [0.5, 0.6) is 0 Å². The summed E-state index contributed by atoms with van der Waals surface area (Å²) in [5, 5.41) is 8.97. The summed E-state index contributed by atoms with van der Waals surface area (Å²) in [6.07, 6.45) is -4.97. The van der Waals surface area contributed by atoms with Gasteiger partial charge in [-0.15, -0.1) is 0 Å². The highest BCUT2D eigenvalue weighted by molar-refractivity contribution is 5.74. The minimum Gasteiger partial charge on any atom is -0.469 e. The van der Waals surface area contributed by atoms with Crippen molar-refractivity contribution in [1.29, 1.82) is 5.26 Å². The van der Waals surface area contributed by atoms with Crippen molar-refractivity contribution in [2.75, 3.05) is 7.11 Å². The van der Waals surface area contributed by atoms with E-state index in [1.54, 1.807) is 6.07 Å². The van der Waals surface area contributed by atoms with Crippen molar-refractivity contribution in [2.45, 2.75) is 19.1 Å². The predicted molar refractivity (Wildman–Crippen MR) is 59.8 cm³/mol. The monoisotopic (exact) mass is 272 g/mol. The molecule has 0 atom stereocenters. The van der Waals surface area contributed by atoms with Crippen LogP contribution in [-0.2, 0) is 28.7 Å². The van der Waals surface area contributed by atoms with Crippen LogP contribution < -0.4 is 5.73 Å². The molecule has 0 aliphatic rings. The zero-order chi connectivity index (χ0) is 14.6. The van der Waals surface area contributed by atoms with Gasteiger partial charge in [-0.05, 0) is 23.3 Å². The maximum absolute atomic E-state index is 12.7. The van der Waals surface area contributed by atoms with Gasteiger partial charge in [-0.25, -0.2) is 0 Å². The molecule has 1 aromatic rings. The number of carbonyl (C=O) groups is 1. The molecule has 1 rings (SSSR count). The molecular weight excluding hydrogens is 261 g/mol. The van der Waals surface area contributed by atoms with E-state index >= 15 is 0 Å². The third-order valence-electron chi connectivity index (χ3n) is 2.52. The molecule has 0 bridgehead atoms. The quantitative estimate of drug-likeness (QED) is 0.850. The van der Waals surface area contributed by atoms with Crippen LogP contribution in [0.15, 0.2) is 12.1 Å². The van der Waals surface area contributed by atoms with E-state index in [0.717, 1.165) is 19.2 Å². The zero-order valence-corrected chi connectivity index (χ0v) is 10.0. The number of methoxy groups -OCH3 is 1. The fourth-order valence-electron chi connectivity index (χ4n) is 1.60. The van der Waals surface area contributed by atoms with E-state index in [1.807, 2.05) is 0 Å². The van der Waals surface area contributed by atoms with Crippen LogP contribution >= 0.6 is 0 Å². The second kappa shape index (κ2) is 5.71. The molecule has 0 heterocycles. The number of hydrogen-bond acceptors (Lipinski definition) is 4. The van der Waals surface area contributed by atoms with Crippen molar-refractivity contribution in [1.82, 2.24) is 0 Å². The molecule has 0 saturated carbocycles. The van der Waals surface area contributed by atoms with Crippen LogP contribution in [-0.4, -0.2) is 13.1 Å². The molecule has 4 nitrogen and oxygen atoms in total. The fourth-order valence-corrected chi connectivity index (χ4v) is 1.60. The first-order chi connectivity index (χ1) is 8.83. The smallest absolute Gasteiger partial charge is 0.416 e. The first-order valence-corrected chi connectivity index (χ1v) is 5.23. The van der Waals surface area contributed by atoms with Gasteiger partial charge in [0.15, 0.2) is 0 Å². The fraction of sp³-hybridized carbons (Fsp3) is 0.333. The Labute approximate surface area is 107 Å². The summed E-state index contributed by atoms with van der Waals surface area (Å²) >= 11 is 0. The summed E-state index contributed by atoms with van der Waals surface area (Å²) < 4.78 is 42.5. The lowest BCUT2D eigenvalue weighted by Gasteiger charge is -2.13. The Morgan fingerprint density at radius 3 is 2.42 bits per heavy atom. The lowest BCUT2D eigenvalue weighted by Crippen LogP contribution is -2.13. The van der Waals surface area contributed by atoms with Gasteiger partial charge in [0.2, 0.25) is 0 Å². The van der Waals surface area contributed by atoms with Gasteiger partial charge in [0.25, 0.3) is 0 Å². The number of benzene rings is 1. The summed E-state index contributed by atoms with van der Waals surface area (Å²) in [6, 6.07) is 3.36. The van der Waals surface area contributed by atoms with E-state index in [0.29, 0.717) is 0 Å². The molecule has 0 aromatic heterocycles. The summed E-state index contributed by atoms with van der Waals surface area (Å²) in [6.45, 7) is -0.221. The minimum absolute atomic E-state index is 0.0131. The van der Waals surface area contributed by atoms with Crippen LogP contribution in [0.1, 0.15) is 22.3 Å². The minimum atomic E-state index is -4.57. The number of nitrogens with zero attached hydrogens (tertiary/aromatic N) is 1. The van der Waals surface area contributed by atoms with Gasteiger partial charge < -0.3 is 10.5 Å². The molecule has 0 saturated heterocycles. The van der Waals surface area contributed by atoms with Gasteiger partial charge in [0.1, 0.15) is 0 Å². The number of esters is 1. The van der Waals surface area contributed by atoms with Gasteiger partial charge in [0.05, 0.1) is 30.7 Å². The van der Waals surface area contributed by atoms with Crippen LogP contribution in [0.3, 0.4) is 0 Å². The van der Waals surface area contributed by atoms with Crippen molar-refractivity contribution in [3.63, 3.8) is 0 Å². The first kappa shape index (κ1) is 15.0. The highest BCUT2D eigenvalue weighted by Crippen LogP contribution is 2.32. The Morgan fingerprint density at radius 2 is 2.00 bits per heavy atom. The maximum Gasteiger partial charge on any atom is 0.416 e. The molecule has 102 valence electrons. The number of halogens is 3. The maximum atomic E-state index is 12.7. The Hall–Kier alpha value is -2.07. The highest BCUT2D eigenvalue weighted by Gasteiger charge is 2.32. The van der Waals surface area contributed by atoms with Crippen molar-refractivity contribution in [3.05, 3.63) is 34.4 Å². The van der Waals surface area contributed by atoms with E-state index in [4.69, 9.17) is 11.0 Å². The second-order valence-electron chi connectivity index (χ2n) is 3.74. The molecule has 1 aromatic carbocycles. The van der Waals surface area contributed by atoms with E-state index in [9.17, 15) is 18.0 Å². The zero-order valence-electron chi connectivity index (χ0n) is 10.0.